The first-order valence-electron chi connectivity index (χ1n) is 11.0. The van der Waals surface area contributed by atoms with Crippen molar-refractivity contribution in [2.75, 3.05) is 6.61 Å². The van der Waals surface area contributed by atoms with Crippen molar-refractivity contribution >= 4 is 29.7 Å². The van der Waals surface area contributed by atoms with Crippen LogP contribution in [-0.2, 0) is 30.5 Å². The maximum Gasteiger partial charge on any atom is 0.238 e. The number of benzene rings is 1. The molecule has 2 heterocycles. The Balaban J connectivity index is 1.87. The SMILES string of the molecule is CC(C)(C)[Si](C)(C)OCc1cccc(C(OC2CCCCO2)c2cc(S(N)(=O)=O)cs2)c1. The zero-order valence-electron chi connectivity index (χ0n) is 19.6. The van der Waals surface area contributed by atoms with Crippen LogP contribution >= 0.6 is 11.3 Å². The summed E-state index contributed by atoms with van der Waals surface area (Å²) in [6, 6.07) is 9.73. The van der Waals surface area contributed by atoms with E-state index < -0.39 is 24.4 Å². The van der Waals surface area contributed by atoms with E-state index in [1.165, 1.54) is 11.3 Å². The lowest BCUT2D eigenvalue weighted by atomic mass is 10.0. The average Bonchev–Trinajstić information content (AvgIpc) is 3.21. The zero-order valence-corrected chi connectivity index (χ0v) is 22.2. The summed E-state index contributed by atoms with van der Waals surface area (Å²) in [5, 5.41) is 7.03. The molecule has 1 aromatic carbocycles. The largest absolute Gasteiger partial charge is 0.413 e. The molecule has 1 aliphatic rings. The van der Waals surface area contributed by atoms with Gasteiger partial charge in [0.05, 0.1) is 11.5 Å². The molecule has 0 bridgehead atoms. The number of thiophene rings is 1. The van der Waals surface area contributed by atoms with Gasteiger partial charge < -0.3 is 13.9 Å². The molecule has 0 amide bonds. The molecule has 3 rings (SSSR count). The highest BCUT2D eigenvalue weighted by molar-refractivity contribution is 7.89. The predicted octanol–water partition coefficient (Wildman–Crippen LogP) is 5.55. The Hall–Kier alpha value is -1.07. The van der Waals surface area contributed by atoms with E-state index in [2.05, 4.69) is 46.0 Å². The highest BCUT2D eigenvalue weighted by Crippen LogP contribution is 2.38. The third-order valence-electron chi connectivity index (χ3n) is 6.27. The van der Waals surface area contributed by atoms with Crippen molar-refractivity contribution in [3.63, 3.8) is 0 Å². The van der Waals surface area contributed by atoms with Crippen molar-refractivity contribution in [1.82, 2.24) is 0 Å². The second kappa shape index (κ2) is 10.0. The minimum atomic E-state index is -3.77. The molecular formula is C23H35NO5S2Si. The van der Waals surface area contributed by atoms with Gasteiger partial charge in [-0.05, 0) is 54.6 Å². The fourth-order valence-corrected chi connectivity index (χ4v) is 6.07. The van der Waals surface area contributed by atoms with Crippen LogP contribution in [0.1, 0.15) is 62.1 Å². The Bertz CT molecular complexity index is 1010. The predicted molar refractivity (Wildman–Crippen MR) is 131 cm³/mol. The van der Waals surface area contributed by atoms with Crippen LogP contribution in [0.25, 0.3) is 0 Å². The van der Waals surface area contributed by atoms with Crippen LogP contribution in [0.4, 0.5) is 0 Å². The first-order valence-corrected chi connectivity index (χ1v) is 16.3. The Labute approximate surface area is 197 Å². The van der Waals surface area contributed by atoms with Crippen LogP contribution in [-0.4, -0.2) is 29.6 Å². The average molecular weight is 498 g/mol. The summed E-state index contributed by atoms with van der Waals surface area (Å²) in [6.07, 6.45) is 2.13. The third-order valence-corrected chi connectivity index (χ3v) is 12.8. The van der Waals surface area contributed by atoms with Crippen LogP contribution in [0.3, 0.4) is 0 Å². The third kappa shape index (κ3) is 6.50. The Morgan fingerprint density at radius 3 is 2.59 bits per heavy atom. The lowest BCUT2D eigenvalue weighted by molar-refractivity contribution is -0.180. The van der Waals surface area contributed by atoms with Crippen LogP contribution in [0.2, 0.25) is 18.1 Å². The summed E-state index contributed by atoms with van der Waals surface area (Å²) >= 11 is 1.33. The molecule has 1 aliphatic heterocycles. The van der Waals surface area contributed by atoms with E-state index in [4.69, 9.17) is 19.0 Å². The number of ether oxygens (including phenoxy) is 2. The quantitative estimate of drug-likeness (QED) is 0.483. The first kappa shape index (κ1) is 25.5. The summed E-state index contributed by atoms with van der Waals surface area (Å²) < 4.78 is 42.2. The van der Waals surface area contributed by atoms with Gasteiger partial charge in [-0.1, -0.05) is 45.0 Å². The molecule has 0 radical (unpaired) electrons. The van der Waals surface area contributed by atoms with E-state index in [0.29, 0.717) is 13.2 Å². The fraction of sp³-hybridized carbons (Fsp3) is 0.565. The molecule has 1 saturated heterocycles. The molecule has 32 heavy (non-hydrogen) atoms. The molecule has 1 fully saturated rings. The maximum atomic E-state index is 11.8. The van der Waals surface area contributed by atoms with Crippen molar-refractivity contribution < 1.29 is 22.3 Å². The van der Waals surface area contributed by atoms with E-state index >= 15 is 0 Å². The summed E-state index contributed by atoms with van der Waals surface area (Å²) in [4.78, 5) is 0.888. The molecule has 2 atom stereocenters. The van der Waals surface area contributed by atoms with E-state index in [1.807, 2.05) is 12.1 Å². The normalized spacial score (nSPS) is 19.1. The molecule has 2 unspecified atom stereocenters. The van der Waals surface area contributed by atoms with E-state index in [1.54, 1.807) is 11.4 Å². The maximum absolute atomic E-state index is 11.8. The van der Waals surface area contributed by atoms with Gasteiger partial charge in [0.25, 0.3) is 0 Å². The van der Waals surface area contributed by atoms with E-state index in [-0.39, 0.29) is 16.2 Å². The molecule has 6 nitrogen and oxygen atoms in total. The lowest BCUT2D eigenvalue weighted by Crippen LogP contribution is -2.40. The van der Waals surface area contributed by atoms with Gasteiger partial charge in [-0.15, -0.1) is 11.3 Å². The van der Waals surface area contributed by atoms with Crippen LogP contribution < -0.4 is 5.14 Å². The molecule has 178 valence electrons. The Kier molecular flexibility index (Phi) is 8.02. The highest BCUT2D eigenvalue weighted by Gasteiger charge is 2.37. The Morgan fingerprint density at radius 2 is 2.00 bits per heavy atom. The number of rotatable bonds is 8. The van der Waals surface area contributed by atoms with Gasteiger partial charge in [-0.25, -0.2) is 13.6 Å². The standard InChI is InChI=1S/C23H35NO5S2Si/c1-23(2,3)32(4,5)28-15-17-9-8-10-18(13-17)22(29-21-11-6-7-12-27-21)20-14-19(16-30-20)31(24,25)26/h8-10,13-14,16,21-22H,6-7,11-12,15H2,1-5H3,(H2,24,25,26). The van der Waals surface area contributed by atoms with Crippen molar-refractivity contribution in [2.24, 2.45) is 5.14 Å². The van der Waals surface area contributed by atoms with Crippen molar-refractivity contribution in [3.05, 3.63) is 51.7 Å². The second-order valence-electron chi connectivity index (χ2n) is 9.84. The summed E-state index contributed by atoms with van der Waals surface area (Å²) in [7, 11) is -5.65. The van der Waals surface area contributed by atoms with Gasteiger partial charge in [0.1, 0.15) is 6.10 Å². The lowest BCUT2D eigenvalue weighted by Gasteiger charge is -2.36. The second-order valence-corrected chi connectivity index (χ2v) is 17.1. The summed E-state index contributed by atoms with van der Waals surface area (Å²) in [5.74, 6) is 0. The minimum absolute atomic E-state index is 0.105. The highest BCUT2D eigenvalue weighted by atomic mass is 32.2. The van der Waals surface area contributed by atoms with Gasteiger partial charge in [0.2, 0.25) is 10.0 Å². The molecule has 0 spiro atoms. The van der Waals surface area contributed by atoms with Gasteiger partial charge >= 0.3 is 0 Å². The monoisotopic (exact) mass is 497 g/mol. The number of nitrogens with two attached hydrogens (primary N) is 1. The zero-order chi connectivity index (χ0) is 23.6. The number of primary sulfonamides is 1. The van der Waals surface area contributed by atoms with Crippen molar-refractivity contribution in [3.8, 4) is 0 Å². The molecule has 2 aromatic rings. The molecule has 9 heteroatoms. The van der Waals surface area contributed by atoms with Gasteiger partial charge in [-0.3, -0.25) is 0 Å². The topological polar surface area (TPSA) is 87.8 Å². The number of hydrogen-bond donors (Lipinski definition) is 1. The van der Waals surface area contributed by atoms with Gasteiger partial charge in [-0.2, -0.15) is 0 Å². The molecule has 0 saturated carbocycles. The summed E-state index contributed by atoms with van der Waals surface area (Å²) in [6.45, 7) is 12.4. The molecule has 0 aliphatic carbocycles. The van der Waals surface area contributed by atoms with Crippen LogP contribution in [0.15, 0.2) is 40.6 Å². The smallest absolute Gasteiger partial charge is 0.238 e. The first-order chi connectivity index (χ1) is 14.9. The fourth-order valence-electron chi connectivity index (χ4n) is 3.23. The van der Waals surface area contributed by atoms with E-state index in [9.17, 15) is 8.42 Å². The van der Waals surface area contributed by atoms with Gasteiger partial charge in [0.15, 0.2) is 14.6 Å². The van der Waals surface area contributed by atoms with Crippen LogP contribution in [0, 0.1) is 0 Å². The molecular weight excluding hydrogens is 462 g/mol. The summed E-state index contributed by atoms with van der Waals surface area (Å²) in [5.41, 5.74) is 2.01. The molecule has 2 N–H and O–H groups in total. The minimum Gasteiger partial charge on any atom is -0.413 e. The number of hydrogen-bond acceptors (Lipinski definition) is 6. The van der Waals surface area contributed by atoms with Gasteiger partial charge in [0, 0.05) is 16.9 Å². The van der Waals surface area contributed by atoms with E-state index in [0.717, 1.165) is 35.3 Å². The Morgan fingerprint density at radius 1 is 1.25 bits per heavy atom. The number of sulfonamides is 1. The molecule has 1 aromatic heterocycles. The van der Waals surface area contributed by atoms with Crippen molar-refractivity contribution in [2.45, 2.75) is 82.1 Å². The van der Waals surface area contributed by atoms with Crippen LogP contribution in [0.5, 0.6) is 0 Å². The van der Waals surface area contributed by atoms with Crippen molar-refractivity contribution in [1.29, 1.82) is 0 Å².